The average molecular weight is 491 g/mol. The van der Waals surface area contributed by atoms with Gasteiger partial charge in [0.15, 0.2) is 5.58 Å². The Hall–Kier alpha value is -3.05. The van der Waals surface area contributed by atoms with Gasteiger partial charge in [-0.1, -0.05) is 12.1 Å². The molecule has 1 aromatic heterocycles. The quantitative estimate of drug-likeness (QED) is 0.559. The molecule has 0 radical (unpaired) electrons. The Kier molecular flexibility index (Phi) is 5.98. The Morgan fingerprint density at radius 2 is 1.68 bits per heavy atom. The average Bonchev–Trinajstić information content (AvgIpc) is 3.28. The third kappa shape index (κ3) is 4.25. The number of carbonyl (C=O) groups excluding carboxylic acids is 1. The molecule has 0 N–H and O–H groups in total. The van der Waals surface area contributed by atoms with Crippen LogP contribution in [0.2, 0.25) is 0 Å². The SMILES string of the molecule is O=C(C1CCN(c2nc3ccccc3o2)CC1)N1CCN(S(=O)(=O)c2ccc(F)cc2F)CC1. The predicted octanol–water partition coefficient (Wildman–Crippen LogP) is 2.86. The zero-order chi connectivity index (χ0) is 23.9. The second-order valence-electron chi connectivity index (χ2n) is 8.53. The number of piperidine rings is 1. The summed E-state index contributed by atoms with van der Waals surface area (Å²) >= 11 is 0. The Morgan fingerprint density at radius 1 is 0.971 bits per heavy atom. The number of sulfonamides is 1. The van der Waals surface area contributed by atoms with Gasteiger partial charge >= 0.3 is 0 Å². The fourth-order valence-electron chi connectivity index (χ4n) is 4.54. The van der Waals surface area contributed by atoms with E-state index >= 15 is 0 Å². The van der Waals surface area contributed by atoms with E-state index in [0.717, 1.165) is 27.5 Å². The van der Waals surface area contributed by atoms with E-state index in [1.165, 1.54) is 0 Å². The number of carbonyl (C=O) groups is 1. The van der Waals surface area contributed by atoms with Crippen molar-refractivity contribution >= 4 is 33.0 Å². The number of oxazole rings is 1. The fraction of sp³-hybridized carbons (Fsp3) is 0.391. The number of anilines is 1. The van der Waals surface area contributed by atoms with Crippen LogP contribution in [0.25, 0.3) is 11.1 Å². The molecular weight excluding hydrogens is 466 g/mol. The highest BCUT2D eigenvalue weighted by Gasteiger charge is 2.35. The molecule has 2 aromatic carbocycles. The van der Waals surface area contributed by atoms with Gasteiger partial charge in [0.1, 0.15) is 22.0 Å². The summed E-state index contributed by atoms with van der Waals surface area (Å²) in [7, 11) is -4.10. The van der Waals surface area contributed by atoms with Crippen LogP contribution in [0.15, 0.2) is 51.8 Å². The predicted molar refractivity (Wildman–Crippen MR) is 121 cm³/mol. The molecular formula is C23H24F2N4O4S. The molecule has 2 aliphatic heterocycles. The molecule has 0 saturated carbocycles. The molecule has 5 rings (SSSR count). The first-order valence-electron chi connectivity index (χ1n) is 11.2. The summed E-state index contributed by atoms with van der Waals surface area (Å²) in [4.78, 5) is 20.7. The normalized spacial score (nSPS) is 18.5. The number of fused-ring (bicyclic) bond motifs is 1. The molecule has 1 amide bonds. The first-order valence-corrected chi connectivity index (χ1v) is 12.6. The molecule has 180 valence electrons. The first kappa shape index (κ1) is 22.7. The van der Waals surface area contributed by atoms with Gasteiger partial charge in [0, 0.05) is 51.3 Å². The van der Waals surface area contributed by atoms with Crippen LogP contribution in [-0.2, 0) is 14.8 Å². The maximum Gasteiger partial charge on any atom is 0.298 e. The van der Waals surface area contributed by atoms with Crippen LogP contribution in [0, 0.1) is 17.6 Å². The Balaban J connectivity index is 1.17. The lowest BCUT2D eigenvalue weighted by Crippen LogP contribution is -2.53. The van der Waals surface area contributed by atoms with E-state index in [1.807, 2.05) is 29.2 Å². The minimum atomic E-state index is -4.10. The number of amides is 1. The summed E-state index contributed by atoms with van der Waals surface area (Å²) < 4.78 is 59.7. The van der Waals surface area contributed by atoms with E-state index < -0.39 is 26.6 Å². The van der Waals surface area contributed by atoms with Crippen molar-refractivity contribution in [3.05, 3.63) is 54.1 Å². The Labute approximate surface area is 195 Å². The molecule has 0 bridgehead atoms. The summed E-state index contributed by atoms with van der Waals surface area (Å²) in [6, 6.07) is 10.5. The van der Waals surface area contributed by atoms with E-state index in [2.05, 4.69) is 4.98 Å². The van der Waals surface area contributed by atoms with Crippen LogP contribution in [0.5, 0.6) is 0 Å². The summed E-state index contributed by atoms with van der Waals surface area (Å²) in [6.07, 6.45) is 1.30. The van der Waals surface area contributed by atoms with Crippen molar-refractivity contribution in [2.75, 3.05) is 44.2 Å². The molecule has 2 fully saturated rings. The fourth-order valence-corrected chi connectivity index (χ4v) is 6.01. The lowest BCUT2D eigenvalue weighted by molar-refractivity contribution is -0.137. The van der Waals surface area contributed by atoms with Crippen LogP contribution in [-0.4, -0.2) is 67.8 Å². The number of para-hydroxylation sites is 2. The largest absolute Gasteiger partial charge is 0.423 e. The molecule has 3 heterocycles. The minimum Gasteiger partial charge on any atom is -0.423 e. The van der Waals surface area contributed by atoms with Gasteiger partial charge in [-0.15, -0.1) is 0 Å². The molecule has 34 heavy (non-hydrogen) atoms. The lowest BCUT2D eigenvalue weighted by Gasteiger charge is -2.37. The number of piperazine rings is 1. The van der Waals surface area contributed by atoms with Gasteiger partial charge < -0.3 is 14.2 Å². The Morgan fingerprint density at radius 3 is 2.35 bits per heavy atom. The van der Waals surface area contributed by atoms with Gasteiger partial charge in [0.25, 0.3) is 6.01 Å². The molecule has 0 unspecified atom stereocenters. The van der Waals surface area contributed by atoms with Crippen LogP contribution in [0.3, 0.4) is 0 Å². The second-order valence-corrected chi connectivity index (χ2v) is 10.4. The summed E-state index contributed by atoms with van der Waals surface area (Å²) in [5.74, 6) is -2.11. The molecule has 0 aliphatic carbocycles. The zero-order valence-electron chi connectivity index (χ0n) is 18.4. The first-order chi connectivity index (χ1) is 16.3. The van der Waals surface area contributed by atoms with Gasteiger partial charge in [-0.25, -0.2) is 17.2 Å². The van der Waals surface area contributed by atoms with Crippen molar-refractivity contribution in [3.8, 4) is 0 Å². The van der Waals surface area contributed by atoms with Crippen LogP contribution >= 0.6 is 0 Å². The van der Waals surface area contributed by atoms with Gasteiger partial charge in [0.2, 0.25) is 15.9 Å². The molecule has 11 heteroatoms. The van der Waals surface area contributed by atoms with Crippen LogP contribution in [0.1, 0.15) is 12.8 Å². The highest BCUT2D eigenvalue weighted by atomic mass is 32.2. The number of aromatic nitrogens is 1. The molecule has 2 aliphatic rings. The number of rotatable bonds is 4. The van der Waals surface area contributed by atoms with Gasteiger partial charge in [-0.05, 0) is 37.1 Å². The summed E-state index contributed by atoms with van der Waals surface area (Å²) in [5, 5.41) is 0. The molecule has 0 spiro atoms. The van der Waals surface area contributed by atoms with Gasteiger partial charge in [-0.2, -0.15) is 9.29 Å². The summed E-state index contributed by atoms with van der Waals surface area (Å²) in [5.41, 5.74) is 1.52. The third-order valence-electron chi connectivity index (χ3n) is 6.46. The van der Waals surface area contributed by atoms with E-state index in [1.54, 1.807) is 4.90 Å². The van der Waals surface area contributed by atoms with Gasteiger partial charge in [-0.3, -0.25) is 4.79 Å². The number of halogens is 2. The molecule has 0 atom stereocenters. The van der Waals surface area contributed by atoms with E-state index in [-0.39, 0.29) is 38.0 Å². The minimum absolute atomic E-state index is 0.00206. The highest BCUT2D eigenvalue weighted by Crippen LogP contribution is 2.28. The second kappa shape index (κ2) is 8.95. The maximum absolute atomic E-state index is 14.0. The zero-order valence-corrected chi connectivity index (χ0v) is 19.2. The van der Waals surface area contributed by atoms with Crippen molar-refractivity contribution in [1.82, 2.24) is 14.2 Å². The number of hydrogen-bond acceptors (Lipinski definition) is 6. The van der Waals surface area contributed by atoms with Gasteiger partial charge in [0.05, 0.1) is 0 Å². The smallest absolute Gasteiger partial charge is 0.298 e. The standard InChI is InChI=1S/C23H24F2N4O4S/c24-17-5-6-21(18(25)15-17)34(31,32)29-13-11-27(12-14-29)22(30)16-7-9-28(10-8-16)23-26-19-3-1-2-4-20(19)33-23/h1-6,15-16H,7-14H2. The van der Waals surface area contributed by atoms with E-state index in [4.69, 9.17) is 4.42 Å². The number of hydrogen-bond donors (Lipinski definition) is 0. The van der Waals surface area contributed by atoms with Crippen LogP contribution < -0.4 is 4.90 Å². The number of benzene rings is 2. The number of nitrogens with zero attached hydrogens (tertiary/aromatic N) is 4. The summed E-state index contributed by atoms with van der Waals surface area (Å²) in [6.45, 7) is 1.86. The monoisotopic (exact) mass is 490 g/mol. The van der Waals surface area contributed by atoms with E-state index in [9.17, 15) is 22.0 Å². The van der Waals surface area contributed by atoms with Crippen LogP contribution in [0.4, 0.5) is 14.8 Å². The molecule has 3 aromatic rings. The Bertz CT molecular complexity index is 1280. The maximum atomic E-state index is 14.0. The van der Waals surface area contributed by atoms with Crippen molar-refractivity contribution in [2.45, 2.75) is 17.7 Å². The molecule has 8 nitrogen and oxygen atoms in total. The lowest BCUT2D eigenvalue weighted by atomic mass is 9.95. The van der Waals surface area contributed by atoms with Crippen molar-refractivity contribution < 1.29 is 26.4 Å². The van der Waals surface area contributed by atoms with Crippen molar-refractivity contribution in [1.29, 1.82) is 0 Å². The van der Waals surface area contributed by atoms with Crippen molar-refractivity contribution in [3.63, 3.8) is 0 Å². The van der Waals surface area contributed by atoms with Crippen molar-refractivity contribution in [2.24, 2.45) is 5.92 Å². The van der Waals surface area contributed by atoms with E-state index in [0.29, 0.717) is 38.0 Å². The third-order valence-corrected chi connectivity index (χ3v) is 8.39. The topological polar surface area (TPSA) is 87.0 Å². The highest BCUT2D eigenvalue weighted by molar-refractivity contribution is 7.89. The molecule has 2 saturated heterocycles.